The fourth-order valence-corrected chi connectivity index (χ4v) is 6.39. The van der Waals surface area contributed by atoms with Crippen LogP contribution in [0.3, 0.4) is 0 Å². The molecule has 0 saturated heterocycles. The summed E-state index contributed by atoms with van der Waals surface area (Å²) in [5.74, 6) is -0.905. The number of H-pyrrole nitrogens is 1. The third-order valence-corrected chi connectivity index (χ3v) is 8.60. The van der Waals surface area contributed by atoms with Crippen LogP contribution in [0.2, 0.25) is 0 Å². The molecule has 45 heavy (non-hydrogen) atoms. The van der Waals surface area contributed by atoms with E-state index in [2.05, 4.69) is 53.9 Å². The first-order chi connectivity index (χ1) is 21.4. The van der Waals surface area contributed by atoms with Gasteiger partial charge in [0.1, 0.15) is 5.92 Å². The van der Waals surface area contributed by atoms with Gasteiger partial charge in [0, 0.05) is 49.9 Å². The number of carbonyl (C=O) groups excluding carboxylic acids is 1. The van der Waals surface area contributed by atoms with E-state index in [-0.39, 0.29) is 17.3 Å². The van der Waals surface area contributed by atoms with Crippen LogP contribution in [0.4, 0.5) is 13.2 Å². The minimum atomic E-state index is -4.44. The minimum absolute atomic E-state index is 0.122. The molecule has 3 aromatic heterocycles. The first-order valence-electron chi connectivity index (χ1n) is 14.9. The molecule has 0 saturated carbocycles. The van der Waals surface area contributed by atoms with Crippen molar-refractivity contribution in [1.29, 1.82) is 0 Å². The van der Waals surface area contributed by atoms with Crippen molar-refractivity contribution in [2.24, 2.45) is 0 Å². The maximum atomic E-state index is 13.5. The SMILES string of the molecule is CCOC(=O)C(Cc1ccc(-c2ccc(C(F)(F)F)cn2)cc1)c1[nH]c2ccc(CCc3ccccn3)cc2c1SC(C)(C)C. The van der Waals surface area contributed by atoms with Gasteiger partial charge in [-0.2, -0.15) is 13.2 Å². The molecule has 0 aliphatic heterocycles. The molecule has 0 bridgehead atoms. The van der Waals surface area contributed by atoms with Crippen LogP contribution in [-0.2, 0) is 35.0 Å². The van der Waals surface area contributed by atoms with E-state index in [0.29, 0.717) is 17.7 Å². The number of nitrogens with zero attached hydrogens (tertiary/aromatic N) is 2. The number of aromatic amines is 1. The second-order valence-corrected chi connectivity index (χ2v) is 13.8. The van der Waals surface area contributed by atoms with Gasteiger partial charge in [0.15, 0.2) is 0 Å². The lowest BCUT2D eigenvalue weighted by molar-refractivity contribution is -0.145. The third-order valence-electron chi connectivity index (χ3n) is 7.35. The third kappa shape index (κ3) is 8.14. The van der Waals surface area contributed by atoms with E-state index in [1.807, 2.05) is 48.7 Å². The van der Waals surface area contributed by atoms with Gasteiger partial charge in [-0.25, -0.2) is 0 Å². The summed E-state index contributed by atoms with van der Waals surface area (Å²) in [7, 11) is 0. The van der Waals surface area contributed by atoms with Gasteiger partial charge in [0.2, 0.25) is 0 Å². The molecule has 0 fully saturated rings. The largest absolute Gasteiger partial charge is 0.465 e. The number of alkyl halides is 3. The fourth-order valence-electron chi connectivity index (χ4n) is 5.20. The van der Waals surface area contributed by atoms with Crippen molar-refractivity contribution in [3.63, 3.8) is 0 Å². The summed E-state index contributed by atoms with van der Waals surface area (Å²) in [5, 5.41) is 1.07. The summed E-state index contributed by atoms with van der Waals surface area (Å²) in [6.45, 7) is 8.51. The van der Waals surface area contributed by atoms with Crippen LogP contribution in [0.5, 0.6) is 0 Å². The van der Waals surface area contributed by atoms with E-state index in [9.17, 15) is 18.0 Å². The summed E-state index contributed by atoms with van der Waals surface area (Å²) in [6, 6.07) is 22.1. The minimum Gasteiger partial charge on any atom is -0.465 e. The van der Waals surface area contributed by atoms with Crippen molar-refractivity contribution in [3.8, 4) is 11.3 Å². The molecule has 0 aliphatic carbocycles. The molecule has 0 radical (unpaired) electrons. The van der Waals surface area contributed by atoms with E-state index >= 15 is 0 Å². The summed E-state index contributed by atoms with van der Waals surface area (Å²) in [4.78, 5) is 26.6. The Morgan fingerprint density at radius 2 is 1.69 bits per heavy atom. The van der Waals surface area contributed by atoms with Gasteiger partial charge in [-0.15, -0.1) is 11.8 Å². The lowest BCUT2D eigenvalue weighted by atomic mass is 9.95. The molecular weight excluding hydrogens is 595 g/mol. The normalized spacial score (nSPS) is 12.8. The maximum Gasteiger partial charge on any atom is 0.417 e. The number of benzene rings is 2. The number of nitrogens with one attached hydrogen (secondary N) is 1. The second kappa shape index (κ2) is 13.5. The number of hydrogen-bond acceptors (Lipinski definition) is 5. The van der Waals surface area contributed by atoms with E-state index < -0.39 is 17.7 Å². The lowest BCUT2D eigenvalue weighted by Gasteiger charge is -2.21. The van der Waals surface area contributed by atoms with Crippen molar-refractivity contribution in [2.45, 2.75) is 68.7 Å². The van der Waals surface area contributed by atoms with Crippen molar-refractivity contribution in [3.05, 3.63) is 113 Å². The second-order valence-electron chi connectivity index (χ2n) is 11.9. The Kier molecular flexibility index (Phi) is 9.68. The van der Waals surface area contributed by atoms with Gasteiger partial charge >= 0.3 is 12.1 Å². The number of esters is 1. The Morgan fingerprint density at radius 1 is 0.933 bits per heavy atom. The van der Waals surface area contributed by atoms with E-state index in [0.717, 1.165) is 57.9 Å². The number of halogens is 3. The lowest BCUT2D eigenvalue weighted by Crippen LogP contribution is -2.20. The monoisotopic (exact) mass is 631 g/mol. The zero-order valence-electron chi connectivity index (χ0n) is 25.7. The molecule has 2 aromatic carbocycles. The summed E-state index contributed by atoms with van der Waals surface area (Å²) in [5.41, 5.74) is 5.24. The van der Waals surface area contributed by atoms with Crippen molar-refractivity contribution < 1.29 is 22.7 Å². The average molecular weight is 632 g/mol. The van der Waals surface area contributed by atoms with Gasteiger partial charge in [-0.3, -0.25) is 14.8 Å². The van der Waals surface area contributed by atoms with Gasteiger partial charge in [-0.1, -0.05) is 57.2 Å². The number of carbonyl (C=O) groups is 1. The number of hydrogen-bond donors (Lipinski definition) is 1. The molecule has 5 rings (SSSR count). The van der Waals surface area contributed by atoms with Crippen molar-refractivity contribution in [1.82, 2.24) is 15.0 Å². The van der Waals surface area contributed by atoms with Crippen molar-refractivity contribution in [2.75, 3.05) is 6.61 Å². The smallest absolute Gasteiger partial charge is 0.417 e. The summed E-state index contributed by atoms with van der Waals surface area (Å²) in [6.07, 6.45) is 0.267. The highest BCUT2D eigenvalue weighted by Crippen LogP contribution is 2.43. The van der Waals surface area contributed by atoms with Crippen LogP contribution in [0.15, 0.2) is 90.1 Å². The number of thioether (sulfide) groups is 1. The molecule has 5 nitrogen and oxygen atoms in total. The Labute approximate surface area is 265 Å². The van der Waals surface area contributed by atoms with Crippen LogP contribution in [0.25, 0.3) is 22.2 Å². The molecule has 0 amide bonds. The van der Waals surface area contributed by atoms with E-state index in [1.165, 1.54) is 11.6 Å². The predicted molar refractivity (Wildman–Crippen MR) is 173 cm³/mol. The number of rotatable bonds is 10. The molecule has 234 valence electrons. The molecule has 1 atom stereocenters. The molecule has 0 spiro atoms. The number of fused-ring (bicyclic) bond motifs is 1. The Hall–Kier alpha value is -4.11. The van der Waals surface area contributed by atoms with Gasteiger partial charge in [0.05, 0.1) is 17.9 Å². The highest BCUT2D eigenvalue weighted by Gasteiger charge is 2.32. The van der Waals surface area contributed by atoms with E-state index in [4.69, 9.17) is 4.74 Å². The first-order valence-corrected chi connectivity index (χ1v) is 15.8. The average Bonchev–Trinajstić information content (AvgIpc) is 3.35. The predicted octanol–water partition coefficient (Wildman–Crippen LogP) is 9.21. The number of ether oxygens (including phenoxy) is 1. The number of aryl methyl sites for hydroxylation is 2. The van der Waals surface area contributed by atoms with Crippen LogP contribution in [0.1, 0.15) is 61.7 Å². The first kappa shape index (κ1) is 32.3. The topological polar surface area (TPSA) is 67.9 Å². The zero-order valence-corrected chi connectivity index (χ0v) is 26.6. The highest BCUT2D eigenvalue weighted by molar-refractivity contribution is 8.00. The fraction of sp³-hybridized carbons (Fsp3) is 0.306. The van der Waals surface area contributed by atoms with E-state index in [1.54, 1.807) is 18.7 Å². The number of aromatic nitrogens is 3. The quantitative estimate of drug-likeness (QED) is 0.123. The van der Waals surface area contributed by atoms with Gasteiger partial charge < -0.3 is 9.72 Å². The number of pyridine rings is 2. The Morgan fingerprint density at radius 3 is 2.31 bits per heavy atom. The highest BCUT2D eigenvalue weighted by atomic mass is 32.2. The molecule has 1 unspecified atom stereocenters. The van der Waals surface area contributed by atoms with Gasteiger partial charge in [-0.05, 0) is 73.7 Å². The molecule has 9 heteroatoms. The summed E-state index contributed by atoms with van der Waals surface area (Å²) >= 11 is 1.72. The molecular formula is C36H36F3N3O2S. The van der Waals surface area contributed by atoms with Crippen molar-refractivity contribution >= 4 is 28.6 Å². The Bertz CT molecular complexity index is 1740. The molecule has 0 aliphatic rings. The molecule has 1 N–H and O–H groups in total. The standard InChI is InChI=1S/C36H36F3N3O2S/c1-5-44-34(43)29(21-23-9-13-25(14-10-23)30-18-15-26(22-41-30)36(37,38)39)32-33(45-35(2,3)4)28-20-24(12-17-31(28)42-32)11-16-27-8-6-7-19-40-27/h6-10,12-15,17-20,22,29,42H,5,11,16,21H2,1-4H3. The Balaban J connectivity index is 1.47. The summed E-state index contributed by atoms with van der Waals surface area (Å²) < 4.78 is 44.4. The van der Waals surface area contributed by atoms with Crippen LogP contribution >= 0.6 is 11.8 Å². The molecule has 3 heterocycles. The zero-order chi connectivity index (χ0) is 32.2. The van der Waals surface area contributed by atoms with Crippen LogP contribution in [0, 0.1) is 0 Å². The van der Waals surface area contributed by atoms with Gasteiger partial charge in [0.25, 0.3) is 0 Å². The van der Waals surface area contributed by atoms with Crippen LogP contribution in [-0.4, -0.2) is 32.3 Å². The van der Waals surface area contributed by atoms with Crippen LogP contribution < -0.4 is 0 Å². The molecule has 5 aromatic rings. The maximum absolute atomic E-state index is 13.5.